The van der Waals surface area contributed by atoms with Crippen LogP contribution in [0.4, 0.5) is 5.82 Å². The minimum absolute atomic E-state index is 0.209. The first-order valence-electron chi connectivity index (χ1n) is 6.28. The molecule has 0 fully saturated rings. The molecule has 1 heterocycles. The van der Waals surface area contributed by atoms with Crippen LogP contribution >= 0.6 is 0 Å². The first-order valence-corrected chi connectivity index (χ1v) is 6.28. The van der Waals surface area contributed by atoms with Gasteiger partial charge in [0.1, 0.15) is 5.82 Å². The molecule has 0 aliphatic heterocycles. The second kappa shape index (κ2) is 7.66. The molecule has 0 bridgehead atoms. The fourth-order valence-electron chi connectivity index (χ4n) is 1.83. The minimum atomic E-state index is -0.474. The fourth-order valence-corrected chi connectivity index (χ4v) is 1.83. The van der Waals surface area contributed by atoms with Crippen LogP contribution in [0.3, 0.4) is 0 Å². The van der Waals surface area contributed by atoms with E-state index in [1.807, 2.05) is 0 Å². The van der Waals surface area contributed by atoms with Crippen molar-refractivity contribution in [1.29, 1.82) is 0 Å². The quantitative estimate of drug-likeness (QED) is 0.651. The maximum absolute atomic E-state index is 10.9. The maximum atomic E-state index is 10.9. The van der Waals surface area contributed by atoms with Crippen molar-refractivity contribution in [2.75, 3.05) is 18.5 Å². The Morgan fingerprint density at radius 3 is 2.78 bits per heavy atom. The Morgan fingerprint density at radius 1 is 1.50 bits per heavy atom. The monoisotopic (exact) mass is 251 g/mol. The molecule has 1 amide bonds. The summed E-state index contributed by atoms with van der Waals surface area (Å²) in [5, 5.41) is 12.2. The zero-order chi connectivity index (χ0) is 13.4. The van der Waals surface area contributed by atoms with Crippen molar-refractivity contribution in [3.05, 3.63) is 23.9 Å². The Bertz CT molecular complexity index is 359. The summed E-state index contributed by atoms with van der Waals surface area (Å²) in [5.41, 5.74) is 5.54. The normalized spacial score (nSPS) is 12.1. The van der Waals surface area contributed by atoms with E-state index in [-0.39, 0.29) is 6.61 Å². The van der Waals surface area contributed by atoms with Gasteiger partial charge in [0.05, 0.1) is 5.56 Å². The number of aromatic nitrogens is 1. The molecule has 1 aromatic rings. The van der Waals surface area contributed by atoms with Crippen molar-refractivity contribution in [3.8, 4) is 0 Å². The summed E-state index contributed by atoms with van der Waals surface area (Å²) in [5.74, 6) is 0.690. The highest BCUT2D eigenvalue weighted by Gasteiger charge is 2.07. The number of nitrogens with two attached hydrogens (primary N) is 1. The number of hydrogen-bond acceptors (Lipinski definition) is 4. The summed E-state index contributed by atoms with van der Waals surface area (Å²) >= 11 is 0. The van der Waals surface area contributed by atoms with Gasteiger partial charge in [-0.3, -0.25) is 4.79 Å². The lowest BCUT2D eigenvalue weighted by molar-refractivity contribution is 0.1000. The summed E-state index contributed by atoms with van der Waals surface area (Å²) < 4.78 is 0. The van der Waals surface area contributed by atoms with Crippen molar-refractivity contribution in [2.45, 2.75) is 26.2 Å². The van der Waals surface area contributed by atoms with E-state index in [2.05, 4.69) is 17.2 Å². The Balaban J connectivity index is 2.48. The van der Waals surface area contributed by atoms with Crippen LogP contribution in [0.25, 0.3) is 0 Å². The molecule has 0 radical (unpaired) electrons. The third-order valence-electron chi connectivity index (χ3n) is 2.85. The third-order valence-corrected chi connectivity index (χ3v) is 2.85. The molecule has 1 unspecified atom stereocenters. The summed E-state index contributed by atoms with van der Waals surface area (Å²) in [6, 6.07) is 3.39. The number of nitrogens with one attached hydrogen (secondary N) is 1. The molecule has 1 aromatic heterocycles. The van der Waals surface area contributed by atoms with E-state index in [0.717, 1.165) is 31.6 Å². The van der Waals surface area contributed by atoms with Gasteiger partial charge in [0.25, 0.3) is 0 Å². The Hall–Kier alpha value is -1.62. The van der Waals surface area contributed by atoms with Crippen molar-refractivity contribution >= 4 is 11.7 Å². The number of anilines is 1. The van der Waals surface area contributed by atoms with Gasteiger partial charge in [-0.25, -0.2) is 4.98 Å². The van der Waals surface area contributed by atoms with E-state index in [4.69, 9.17) is 10.8 Å². The molecular formula is C13H21N3O2. The molecule has 0 aromatic carbocycles. The SMILES string of the molecule is CCCC(CCO)CNc1ccc(C(N)=O)cn1. The van der Waals surface area contributed by atoms with Crippen LogP contribution in [0.1, 0.15) is 36.5 Å². The highest BCUT2D eigenvalue weighted by Crippen LogP contribution is 2.12. The van der Waals surface area contributed by atoms with Gasteiger partial charge in [0, 0.05) is 19.3 Å². The van der Waals surface area contributed by atoms with E-state index in [1.165, 1.54) is 6.20 Å². The smallest absolute Gasteiger partial charge is 0.250 e. The Morgan fingerprint density at radius 2 is 2.28 bits per heavy atom. The van der Waals surface area contributed by atoms with E-state index in [9.17, 15) is 4.79 Å². The second-order valence-electron chi connectivity index (χ2n) is 4.34. The fraction of sp³-hybridized carbons (Fsp3) is 0.538. The molecule has 1 rings (SSSR count). The van der Waals surface area contributed by atoms with Gasteiger partial charge in [-0.05, 0) is 30.9 Å². The number of carbonyl (C=O) groups excluding carboxylic acids is 1. The molecule has 5 heteroatoms. The van der Waals surface area contributed by atoms with Crippen molar-refractivity contribution in [2.24, 2.45) is 11.7 Å². The average Bonchev–Trinajstić information content (AvgIpc) is 2.37. The predicted molar refractivity (Wildman–Crippen MR) is 71.3 cm³/mol. The number of rotatable bonds is 8. The molecule has 1 atom stereocenters. The maximum Gasteiger partial charge on any atom is 0.250 e. The van der Waals surface area contributed by atoms with Gasteiger partial charge in [0.2, 0.25) is 5.91 Å². The largest absolute Gasteiger partial charge is 0.396 e. The number of primary amides is 1. The number of carbonyl (C=O) groups is 1. The Kier molecular flexibility index (Phi) is 6.14. The molecule has 5 nitrogen and oxygen atoms in total. The highest BCUT2D eigenvalue weighted by atomic mass is 16.3. The zero-order valence-electron chi connectivity index (χ0n) is 10.7. The first-order chi connectivity index (χ1) is 8.67. The van der Waals surface area contributed by atoms with Crippen LogP contribution < -0.4 is 11.1 Å². The number of hydrogen-bond donors (Lipinski definition) is 3. The van der Waals surface area contributed by atoms with Crippen LogP contribution in [0.2, 0.25) is 0 Å². The summed E-state index contributed by atoms with van der Waals surface area (Å²) in [7, 11) is 0. The van der Waals surface area contributed by atoms with Gasteiger partial charge in [-0.2, -0.15) is 0 Å². The van der Waals surface area contributed by atoms with Crippen LogP contribution in [-0.4, -0.2) is 29.1 Å². The number of pyridine rings is 1. The van der Waals surface area contributed by atoms with Gasteiger partial charge >= 0.3 is 0 Å². The van der Waals surface area contributed by atoms with E-state index in [1.54, 1.807) is 12.1 Å². The molecule has 0 saturated carbocycles. The van der Waals surface area contributed by atoms with E-state index < -0.39 is 5.91 Å². The molecule has 100 valence electrons. The van der Waals surface area contributed by atoms with Crippen molar-refractivity contribution < 1.29 is 9.90 Å². The van der Waals surface area contributed by atoms with Gasteiger partial charge in [-0.15, -0.1) is 0 Å². The second-order valence-corrected chi connectivity index (χ2v) is 4.34. The summed E-state index contributed by atoms with van der Waals surface area (Å²) in [6.45, 7) is 3.11. The molecule has 0 spiro atoms. The third kappa shape index (κ3) is 4.71. The number of aliphatic hydroxyl groups excluding tert-OH is 1. The zero-order valence-corrected chi connectivity index (χ0v) is 10.7. The lowest BCUT2D eigenvalue weighted by Crippen LogP contribution is -2.17. The molecular weight excluding hydrogens is 230 g/mol. The molecule has 0 aliphatic rings. The van der Waals surface area contributed by atoms with Gasteiger partial charge in [-0.1, -0.05) is 13.3 Å². The molecule has 0 saturated heterocycles. The van der Waals surface area contributed by atoms with Crippen molar-refractivity contribution in [3.63, 3.8) is 0 Å². The topological polar surface area (TPSA) is 88.2 Å². The van der Waals surface area contributed by atoms with Crippen LogP contribution in [0, 0.1) is 5.92 Å². The number of nitrogens with zero attached hydrogens (tertiary/aromatic N) is 1. The van der Waals surface area contributed by atoms with E-state index >= 15 is 0 Å². The van der Waals surface area contributed by atoms with Crippen LogP contribution in [0.5, 0.6) is 0 Å². The Labute approximate surface area is 107 Å². The van der Waals surface area contributed by atoms with Crippen molar-refractivity contribution in [1.82, 2.24) is 4.98 Å². The van der Waals surface area contributed by atoms with E-state index in [0.29, 0.717) is 11.5 Å². The summed E-state index contributed by atoms with van der Waals surface area (Å²) in [6.07, 6.45) is 4.43. The standard InChI is InChI=1S/C13H21N3O2/c1-2-3-10(6-7-17)8-15-12-5-4-11(9-16-12)13(14)18/h4-5,9-10,17H,2-3,6-8H2,1H3,(H2,14,18)(H,15,16). The average molecular weight is 251 g/mol. The molecule has 18 heavy (non-hydrogen) atoms. The highest BCUT2D eigenvalue weighted by molar-refractivity contribution is 5.92. The lowest BCUT2D eigenvalue weighted by atomic mass is 10.0. The lowest BCUT2D eigenvalue weighted by Gasteiger charge is -2.16. The van der Waals surface area contributed by atoms with Crippen LogP contribution in [0.15, 0.2) is 18.3 Å². The number of aliphatic hydroxyl groups is 1. The van der Waals surface area contributed by atoms with Gasteiger partial charge < -0.3 is 16.2 Å². The predicted octanol–water partition coefficient (Wildman–Crippen LogP) is 1.39. The van der Waals surface area contributed by atoms with Crippen LogP contribution in [-0.2, 0) is 0 Å². The number of amides is 1. The summed E-state index contributed by atoms with van der Waals surface area (Å²) in [4.78, 5) is 15.0. The molecule has 0 aliphatic carbocycles. The van der Waals surface area contributed by atoms with Gasteiger partial charge in [0.15, 0.2) is 0 Å². The minimum Gasteiger partial charge on any atom is -0.396 e. The first kappa shape index (κ1) is 14.4. The molecule has 4 N–H and O–H groups in total.